The van der Waals surface area contributed by atoms with Gasteiger partial charge in [-0.2, -0.15) is 10.5 Å². The first-order valence-electron chi connectivity index (χ1n) is 6.94. The fourth-order valence-corrected chi connectivity index (χ4v) is 2.02. The second kappa shape index (κ2) is 7.84. The molecule has 0 aliphatic carbocycles. The lowest BCUT2D eigenvalue weighted by molar-refractivity contribution is 1.44. The second-order valence-electron chi connectivity index (χ2n) is 4.88. The highest BCUT2D eigenvalue weighted by Gasteiger charge is 2.02. The van der Waals surface area contributed by atoms with Crippen LogP contribution in [-0.4, -0.2) is 0 Å². The number of halogens is 1. The highest BCUT2D eigenvalue weighted by atomic mass is 35.5. The lowest BCUT2D eigenvalue weighted by atomic mass is 10.1. The Kier molecular flexibility index (Phi) is 5.58. The van der Waals surface area contributed by atoms with Gasteiger partial charge in [-0.25, -0.2) is 0 Å². The van der Waals surface area contributed by atoms with Gasteiger partial charge in [-0.1, -0.05) is 41.4 Å². The molecule has 2 aromatic rings. The van der Waals surface area contributed by atoms with Gasteiger partial charge in [-0.05, 0) is 48.9 Å². The summed E-state index contributed by atoms with van der Waals surface area (Å²) in [5.41, 5.74) is 3.81. The monoisotopic (exact) mass is 319 g/mol. The van der Waals surface area contributed by atoms with Gasteiger partial charge >= 0.3 is 0 Å². The molecule has 0 aliphatic heterocycles. The van der Waals surface area contributed by atoms with Crippen LogP contribution in [0, 0.1) is 29.6 Å². The van der Waals surface area contributed by atoms with E-state index in [-0.39, 0.29) is 5.57 Å². The van der Waals surface area contributed by atoms with Gasteiger partial charge in [0.1, 0.15) is 17.7 Å². The summed E-state index contributed by atoms with van der Waals surface area (Å²) in [5.74, 6) is 0. The molecule has 0 bridgehead atoms. The Labute approximate surface area is 140 Å². The Bertz CT molecular complexity index is 801. The minimum Gasteiger partial charge on any atom is -0.355 e. The van der Waals surface area contributed by atoms with Crippen LogP contribution in [0.4, 0.5) is 5.69 Å². The molecule has 0 saturated carbocycles. The van der Waals surface area contributed by atoms with Crippen molar-refractivity contribution < 1.29 is 0 Å². The van der Waals surface area contributed by atoms with Crippen molar-refractivity contribution in [1.82, 2.24) is 0 Å². The summed E-state index contributed by atoms with van der Waals surface area (Å²) < 4.78 is 0. The predicted octanol–water partition coefficient (Wildman–Crippen LogP) is 5.07. The van der Waals surface area contributed by atoms with Crippen LogP contribution in [0.2, 0.25) is 5.02 Å². The first-order chi connectivity index (χ1) is 11.1. The van der Waals surface area contributed by atoms with Crippen LogP contribution in [-0.2, 0) is 0 Å². The molecule has 112 valence electrons. The van der Waals surface area contributed by atoms with E-state index in [2.05, 4.69) is 5.32 Å². The van der Waals surface area contributed by atoms with Crippen LogP contribution >= 0.6 is 11.6 Å². The van der Waals surface area contributed by atoms with Gasteiger partial charge in [-0.15, -0.1) is 0 Å². The topological polar surface area (TPSA) is 59.6 Å². The summed E-state index contributed by atoms with van der Waals surface area (Å²) in [6, 6.07) is 19.0. The molecule has 0 aliphatic rings. The number of nitrogens with zero attached hydrogens (tertiary/aromatic N) is 2. The molecule has 0 heterocycles. The number of nitriles is 2. The van der Waals surface area contributed by atoms with Crippen LogP contribution in [0.25, 0.3) is 5.70 Å². The van der Waals surface area contributed by atoms with E-state index in [1.165, 1.54) is 6.08 Å². The fourth-order valence-electron chi connectivity index (χ4n) is 1.90. The molecule has 0 saturated heterocycles. The van der Waals surface area contributed by atoms with Crippen molar-refractivity contribution >= 4 is 23.0 Å². The molecule has 0 unspecified atom stereocenters. The number of allylic oxidation sites excluding steroid dienone is 3. The maximum atomic E-state index is 8.86. The molecule has 0 fully saturated rings. The number of anilines is 1. The van der Waals surface area contributed by atoms with Crippen molar-refractivity contribution in [2.75, 3.05) is 5.32 Å². The van der Waals surface area contributed by atoms with Crippen LogP contribution in [0.15, 0.2) is 66.3 Å². The second-order valence-corrected chi connectivity index (χ2v) is 5.32. The molecule has 23 heavy (non-hydrogen) atoms. The summed E-state index contributed by atoms with van der Waals surface area (Å²) in [6.07, 6.45) is 3.22. The Morgan fingerprint density at radius 2 is 1.57 bits per heavy atom. The third kappa shape index (κ3) is 4.74. The largest absolute Gasteiger partial charge is 0.355 e. The van der Waals surface area contributed by atoms with E-state index in [1.807, 2.05) is 55.5 Å². The highest BCUT2D eigenvalue weighted by molar-refractivity contribution is 6.30. The number of hydrogen-bond acceptors (Lipinski definition) is 3. The Morgan fingerprint density at radius 1 is 0.957 bits per heavy atom. The lowest BCUT2D eigenvalue weighted by Gasteiger charge is -2.11. The molecule has 2 aromatic carbocycles. The third-order valence-electron chi connectivity index (χ3n) is 3.14. The Hall–Kier alpha value is -3.01. The van der Waals surface area contributed by atoms with Gasteiger partial charge in [0.15, 0.2) is 0 Å². The van der Waals surface area contributed by atoms with E-state index in [1.54, 1.807) is 18.2 Å². The SMILES string of the molecule is Cc1ccc(C(=CC=C(C#N)C#N)Nc2ccc(Cl)cc2)cc1. The van der Waals surface area contributed by atoms with Gasteiger partial charge in [-0.3, -0.25) is 0 Å². The van der Waals surface area contributed by atoms with E-state index in [9.17, 15) is 0 Å². The number of rotatable bonds is 4. The zero-order valence-electron chi connectivity index (χ0n) is 12.5. The molecular formula is C19H14ClN3. The van der Waals surface area contributed by atoms with Crippen molar-refractivity contribution in [2.24, 2.45) is 0 Å². The highest BCUT2D eigenvalue weighted by Crippen LogP contribution is 2.21. The maximum absolute atomic E-state index is 8.86. The number of nitrogens with one attached hydrogen (secondary N) is 1. The van der Waals surface area contributed by atoms with Gasteiger partial charge in [0.05, 0.1) is 0 Å². The van der Waals surface area contributed by atoms with Crippen LogP contribution in [0.3, 0.4) is 0 Å². The number of hydrogen-bond donors (Lipinski definition) is 1. The van der Waals surface area contributed by atoms with E-state index in [0.717, 1.165) is 22.5 Å². The van der Waals surface area contributed by atoms with Crippen molar-refractivity contribution in [2.45, 2.75) is 6.92 Å². The van der Waals surface area contributed by atoms with Gasteiger partial charge in [0.2, 0.25) is 0 Å². The normalized spacial score (nSPS) is 10.3. The van der Waals surface area contributed by atoms with Gasteiger partial charge < -0.3 is 5.32 Å². The van der Waals surface area contributed by atoms with Crippen LogP contribution in [0.5, 0.6) is 0 Å². The standard InChI is InChI=1S/C19H14ClN3/c1-14-2-5-16(6-3-14)19(11-4-15(12-21)13-22)23-18-9-7-17(20)8-10-18/h2-11,23H,1H3. The third-order valence-corrected chi connectivity index (χ3v) is 3.40. The average molecular weight is 320 g/mol. The maximum Gasteiger partial charge on any atom is 0.129 e. The molecule has 2 rings (SSSR count). The molecular weight excluding hydrogens is 306 g/mol. The molecule has 0 atom stereocenters. The quantitative estimate of drug-likeness (QED) is 0.631. The summed E-state index contributed by atoms with van der Waals surface area (Å²) in [7, 11) is 0. The zero-order chi connectivity index (χ0) is 16.7. The summed E-state index contributed by atoms with van der Waals surface area (Å²) in [5, 5.41) is 21.7. The predicted molar refractivity (Wildman–Crippen MR) is 93.5 cm³/mol. The fraction of sp³-hybridized carbons (Fsp3) is 0.0526. The smallest absolute Gasteiger partial charge is 0.129 e. The molecule has 0 spiro atoms. The van der Waals surface area contributed by atoms with E-state index in [4.69, 9.17) is 22.1 Å². The molecule has 0 radical (unpaired) electrons. The van der Waals surface area contributed by atoms with E-state index in [0.29, 0.717) is 5.02 Å². The van der Waals surface area contributed by atoms with Gasteiger partial charge in [0.25, 0.3) is 0 Å². The van der Waals surface area contributed by atoms with Crippen molar-refractivity contribution in [3.63, 3.8) is 0 Å². The van der Waals surface area contributed by atoms with Crippen LogP contribution in [0.1, 0.15) is 11.1 Å². The van der Waals surface area contributed by atoms with Gasteiger partial charge in [0, 0.05) is 16.4 Å². The summed E-state index contributed by atoms with van der Waals surface area (Å²) in [6.45, 7) is 2.02. The zero-order valence-corrected chi connectivity index (χ0v) is 13.3. The van der Waals surface area contributed by atoms with Crippen molar-refractivity contribution in [1.29, 1.82) is 10.5 Å². The van der Waals surface area contributed by atoms with Crippen molar-refractivity contribution in [3.05, 3.63) is 82.4 Å². The summed E-state index contributed by atoms with van der Waals surface area (Å²) in [4.78, 5) is 0. The molecule has 0 aromatic heterocycles. The van der Waals surface area contributed by atoms with Crippen molar-refractivity contribution in [3.8, 4) is 12.1 Å². The lowest BCUT2D eigenvalue weighted by Crippen LogP contribution is -1.98. The Morgan fingerprint density at radius 3 is 2.13 bits per heavy atom. The number of aryl methyl sites for hydroxylation is 1. The minimum atomic E-state index is 0.0486. The average Bonchev–Trinajstić information content (AvgIpc) is 2.57. The minimum absolute atomic E-state index is 0.0486. The molecule has 0 amide bonds. The van der Waals surface area contributed by atoms with E-state index < -0.39 is 0 Å². The Balaban J connectivity index is 2.39. The van der Waals surface area contributed by atoms with E-state index >= 15 is 0 Å². The number of benzene rings is 2. The molecule has 1 N–H and O–H groups in total. The first-order valence-corrected chi connectivity index (χ1v) is 7.32. The molecule has 4 heteroatoms. The summed E-state index contributed by atoms with van der Waals surface area (Å²) >= 11 is 5.90. The molecule has 3 nitrogen and oxygen atoms in total. The first kappa shape index (κ1) is 16.4. The van der Waals surface area contributed by atoms with Crippen LogP contribution < -0.4 is 5.32 Å².